The standard InChI is InChI=1S/C26H27FN4O4.C2HF3O2/c1-16-17(2)25(33)29-28-23(16)13-19-6-9-22(27)21(12-19)26(34)31-11-10-30(24(32)15-31)14-18-4-7-20(35-3)8-5-18;3-2(4,5)1(6)7/h4-9,12H,10-11,13-15H2,1-3H3,(H,29,33);(H,6,7). The average molecular weight is 593 g/mol. The van der Waals surface area contributed by atoms with Gasteiger partial charge in [-0.1, -0.05) is 18.2 Å². The van der Waals surface area contributed by atoms with Gasteiger partial charge in [0.25, 0.3) is 11.5 Å². The zero-order chi connectivity index (χ0) is 31.2. The van der Waals surface area contributed by atoms with Crippen molar-refractivity contribution in [2.45, 2.75) is 33.0 Å². The zero-order valence-corrected chi connectivity index (χ0v) is 22.9. The topological polar surface area (TPSA) is 133 Å². The van der Waals surface area contributed by atoms with Crippen molar-refractivity contribution in [1.29, 1.82) is 0 Å². The molecule has 14 heteroatoms. The maximum atomic E-state index is 14.6. The van der Waals surface area contributed by atoms with Crippen LogP contribution in [0.25, 0.3) is 0 Å². The molecule has 1 aliphatic rings. The average Bonchev–Trinajstić information content (AvgIpc) is 2.95. The number of halogens is 4. The molecule has 3 aromatic rings. The number of carboxylic acids is 1. The summed E-state index contributed by atoms with van der Waals surface area (Å²) in [6, 6.07) is 11.8. The predicted molar refractivity (Wildman–Crippen MR) is 142 cm³/mol. The Bertz CT molecular complexity index is 1520. The van der Waals surface area contributed by atoms with E-state index in [0.717, 1.165) is 16.9 Å². The number of ether oxygens (including phenoxy) is 1. The summed E-state index contributed by atoms with van der Waals surface area (Å²) in [4.78, 5) is 49.5. The van der Waals surface area contributed by atoms with Gasteiger partial charge in [-0.25, -0.2) is 14.3 Å². The minimum absolute atomic E-state index is 0.0855. The smallest absolute Gasteiger partial charge is 0.490 e. The molecule has 2 aromatic carbocycles. The number of aromatic amines is 1. The second-order valence-corrected chi connectivity index (χ2v) is 9.43. The molecule has 0 unspecified atom stereocenters. The molecule has 0 aliphatic carbocycles. The van der Waals surface area contributed by atoms with Crippen LogP contribution in [0.1, 0.15) is 38.3 Å². The summed E-state index contributed by atoms with van der Waals surface area (Å²) in [7, 11) is 1.59. The van der Waals surface area contributed by atoms with Crippen molar-refractivity contribution >= 4 is 17.8 Å². The highest BCUT2D eigenvalue weighted by Gasteiger charge is 2.38. The van der Waals surface area contributed by atoms with E-state index in [1.807, 2.05) is 24.3 Å². The van der Waals surface area contributed by atoms with Crippen molar-refractivity contribution in [3.05, 3.63) is 92.1 Å². The lowest BCUT2D eigenvalue weighted by atomic mass is 10.0. The van der Waals surface area contributed by atoms with E-state index in [1.165, 1.54) is 17.0 Å². The van der Waals surface area contributed by atoms with Crippen molar-refractivity contribution in [1.82, 2.24) is 20.0 Å². The van der Waals surface area contributed by atoms with Gasteiger partial charge in [0.1, 0.15) is 18.1 Å². The van der Waals surface area contributed by atoms with Gasteiger partial charge in [0.2, 0.25) is 5.91 Å². The highest BCUT2D eigenvalue weighted by Crippen LogP contribution is 2.20. The summed E-state index contributed by atoms with van der Waals surface area (Å²) >= 11 is 0. The first-order valence-electron chi connectivity index (χ1n) is 12.5. The number of hydrogen-bond donors (Lipinski definition) is 2. The molecule has 0 atom stereocenters. The Balaban J connectivity index is 0.000000616. The lowest BCUT2D eigenvalue weighted by Gasteiger charge is -2.34. The molecule has 0 saturated carbocycles. The van der Waals surface area contributed by atoms with E-state index >= 15 is 0 Å². The number of hydrogen-bond acceptors (Lipinski definition) is 6. The summed E-state index contributed by atoms with van der Waals surface area (Å²) in [6.45, 7) is 4.50. The Morgan fingerprint density at radius 1 is 1.02 bits per heavy atom. The van der Waals surface area contributed by atoms with E-state index in [0.29, 0.717) is 42.9 Å². The summed E-state index contributed by atoms with van der Waals surface area (Å²) in [5, 5.41) is 13.7. The largest absolute Gasteiger partial charge is 0.497 e. The van der Waals surface area contributed by atoms with Gasteiger partial charge in [-0.05, 0) is 54.8 Å². The molecule has 4 rings (SSSR count). The lowest BCUT2D eigenvalue weighted by Crippen LogP contribution is -2.51. The van der Waals surface area contributed by atoms with Crippen molar-refractivity contribution < 1.29 is 41.8 Å². The molecule has 1 aromatic heterocycles. The van der Waals surface area contributed by atoms with Crippen LogP contribution >= 0.6 is 0 Å². The third-order valence-electron chi connectivity index (χ3n) is 6.64. The van der Waals surface area contributed by atoms with E-state index < -0.39 is 23.9 Å². The second kappa shape index (κ2) is 13.3. The third kappa shape index (κ3) is 7.92. The molecule has 0 bridgehead atoms. The summed E-state index contributed by atoms with van der Waals surface area (Å²) in [5.74, 6) is -3.38. The highest BCUT2D eigenvalue weighted by atomic mass is 19.4. The van der Waals surface area contributed by atoms with Crippen LogP contribution in [0.2, 0.25) is 0 Å². The Kier molecular flexibility index (Phi) is 10.0. The van der Waals surface area contributed by atoms with Gasteiger partial charge in [-0.15, -0.1) is 0 Å². The fourth-order valence-corrected chi connectivity index (χ4v) is 4.06. The molecule has 0 radical (unpaired) electrons. The SMILES string of the molecule is COc1ccc(CN2CCN(C(=O)c3cc(Cc4n[nH]c(=O)c(C)c4C)ccc3F)CC2=O)cc1.O=C(O)C(F)(F)F. The molecule has 1 aliphatic heterocycles. The number of H-pyrrole nitrogens is 1. The van der Waals surface area contributed by atoms with E-state index in [-0.39, 0.29) is 23.6 Å². The van der Waals surface area contributed by atoms with E-state index in [1.54, 1.807) is 31.9 Å². The number of methoxy groups -OCH3 is 1. The number of alkyl halides is 3. The van der Waals surface area contributed by atoms with Crippen molar-refractivity contribution in [3.8, 4) is 5.75 Å². The second-order valence-electron chi connectivity index (χ2n) is 9.43. The van der Waals surface area contributed by atoms with Gasteiger partial charge >= 0.3 is 12.1 Å². The molecule has 10 nitrogen and oxygen atoms in total. The number of aromatic nitrogens is 2. The summed E-state index contributed by atoms with van der Waals surface area (Å²) in [6.07, 6.45) is -4.75. The fraction of sp³-hybridized carbons (Fsp3) is 0.321. The molecule has 1 saturated heterocycles. The quantitative estimate of drug-likeness (QED) is 0.420. The fourth-order valence-electron chi connectivity index (χ4n) is 4.06. The number of nitrogens with zero attached hydrogens (tertiary/aromatic N) is 3. The van der Waals surface area contributed by atoms with Crippen LogP contribution in [-0.2, 0) is 22.6 Å². The third-order valence-corrected chi connectivity index (χ3v) is 6.64. The van der Waals surface area contributed by atoms with Gasteiger partial charge in [0.15, 0.2) is 0 Å². The van der Waals surface area contributed by atoms with Crippen LogP contribution in [0.5, 0.6) is 5.75 Å². The van der Waals surface area contributed by atoms with Crippen molar-refractivity contribution in [2.24, 2.45) is 0 Å². The Morgan fingerprint density at radius 3 is 2.21 bits per heavy atom. The maximum Gasteiger partial charge on any atom is 0.490 e. The van der Waals surface area contributed by atoms with Gasteiger partial charge in [-0.3, -0.25) is 14.4 Å². The number of piperazine rings is 1. The lowest BCUT2D eigenvalue weighted by molar-refractivity contribution is -0.192. The van der Waals surface area contributed by atoms with Gasteiger partial charge in [0, 0.05) is 31.6 Å². The number of aliphatic carboxylic acids is 1. The van der Waals surface area contributed by atoms with Crippen LogP contribution in [0.4, 0.5) is 17.6 Å². The van der Waals surface area contributed by atoms with E-state index in [4.69, 9.17) is 14.6 Å². The zero-order valence-electron chi connectivity index (χ0n) is 22.9. The minimum Gasteiger partial charge on any atom is -0.497 e. The van der Waals surface area contributed by atoms with E-state index in [9.17, 15) is 31.9 Å². The number of nitrogens with one attached hydrogen (secondary N) is 1. The number of carbonyl (C=O) groups is 3. The monoisotopic (exact) mass is 592 g/mol. The molecular formula is C28H28F4N4O6. The number of carbonyl (C=O) groups excluding carboxylic acids is 2. The molecule has 2 heterocycles. The van der Waals surface area contributed by atoms with Crippen molar-refractivity contribution in [2.75, 3.05) is 26.7 Å². The Labute approximate surface area is 237 Å². The first kappa shape index (κ1) is 31.8. The molecule has 1 fully saturated rings. The number of amides is 2. The van der Waals surface area contributed by atoms with Crippen LogP contribution in [0.3, 0.4) is 0 Å². The maximum absolute atomic E-state index is 14.6. The van der Waals surface area contributed by atoms with Crippen LogP contribution in [-0.4, -0.2) is 75.8 Å². The molecule has 0 spiro atoms. The van der Waals surface area contributed by atoms with Crippen molar-refractivity contribution in [3.63, 3.8) is 0 Å². The van der Waals surface area contributed by atoms with E-state index in [2.05, 4.69) is 10.2 Å². The normalized spacial score (nSPS) is 13.4. The molecule has 42 heavy (non-hydrogen) atoms. The van der Waals surface area contributed by atoms with Crippen LogP contribution in [0.15, 0.2) is 47.3 Å². The Hall–Kier alpha value is -4.75. The first-order chi connectivity index (χ1) is 19.7. The van der Waals surface area contributed by atoms with Gasteiger partial charge in [-0.2, -0.15) is 18.3 Å². The van der Waals surface area contributed by atoms with Gasteiger partial charge < -0.3 is 19.6 Å². The molecule has 2 amide bonds. The summed E-state index contributed by atoms with van der Waals surface area (Å²) in [5.41, 5.74) is 3.27. The number of carboxylic acid groups (broad SMARTS) is 1. The van der Waals surface area contributed by atoms with Gasteiger partial charge in [0.05, 0.1) is 18.4 Å². The first-order valence-corrected chi connectivity index (χ1v) is 12.5. The predicted octanol–water partition coefficient (Wildman–Crippen LogP) is 3.24. The van der Waals surface area contributed by atoms with Crippen LogP contribution in [0, 0.1) is 19.7 Å². The minimum atomic E-state index is -5.08. The number of rotatable bonds is 6. The molecule has 224 valence electrons. The molecule has 2 N–H and O–H groups in total. The number of benzene rings is 2. The summed E-state index contributed by atoms with van der Waals surface area (Å²) < 4.78 is 51.5. The highest BCUT2D eigenvalue weighted by molar-refractivity contribution is 5.97. The van der Waals surface area contributed by atoms with Crippen LogP contribution < -0.4 is 10.3 Å². The Morgan fingerprint density at radius 2 is 1.64 bits per heavy atom. The molecular weight excluding hydrogens is 564 g/mol.